The van der Waals surface area contributed by atoms with Gasteiger partial charge in [-0.05, 0) is 38.2 Å². The summed E-state index contributed by atoms with van der Waals surface area (Å²) < 4.78 is 0. The van der Waals surface area contributed by atoms with Gasteiger partial charge in [0.25, 0.3) is 0 Å². The van der Waals surface area contributed by atoms with Gasteiger partial charge in [-0.1, -0.05) is 42.1 Å². The minimum Gasteiger partial charge on any atom is -0.240 e. The summed E-state index contributed by atoms with van der Waals surface area (Å²) in [4.78, 5) is 17.0. The van der Waals surface area contributed by atoms with Crippen molar-refractivity contribution in [3.05, 3.63) is 57.7 Å². The van der Waals surface area contributed by atoms with Gasteiger partial charge in [0.1, 0.15) is 20.7 Å². The molecule has 3 aromatic heterocycles. The SMILES string of the molecule is Cc1nc(SCc2csc(-c3ccccc3)n2)c2c3c(sc2n1)CCCC3. The van der Waals surface area contributed by atoms with E-state index in [2.05, 4.69) is 29.6 Å². The van der Waals surface area contributed by atoms with Crippen molar-refractivity contribution in [1.29, 1.82) is 0 Å². The maximum Gasteiger partial charge on any atom is 0.128 e. The third-order valence-electron chi connectivity index (χ3n) is 4.82. The van der Waals surface area contributed by atoms with E-state index < -0.39 is 0 Å². The molecule has 0 saturated heterocycles. The second-order valence-electron chi connectivity index (χ2n) is 6.77. The Kier molecular flexibility index (Phi) is 4.71. The average molecular weight is 410 g/mol. The molecule has 0 unspecified atom stereocenters. The van der Waals surface area contributed by atoms with Crippen LogP contribution in [0.4, 0.5) is 0 Å². The molecule has 27 heavy (non-hydrogen) atoms. The highest BCUT2D eigenvalue weighted by atomic mass is 32.2. The standard InChI is InChI=1S/C21H19N3S3/c1-13-22-20(18-16-9-5-6-10-17(16)27-21(18)23-13)26-12-15-11-25-19(24-15)14-7-3-2-4-8-14/h2-4,7-8,11H,5-6,9-10,12H2,1H3. The molecule has 0 amide bonds. The van der Waals surface area contributed by atoms with Gasteiger partial charge in [0.05, 0.1) is 5.69 Å². The maximum atomic E-state index is 4.83. The molecule has 1 aliphatic carbocycles. The van der Waals surface area contributed by atoms with E-state index in [1.165, 1.54) is 51.9 Å². The van der Waals surface area contributed by atoms with E-state index in [-0.39, 0.29) is 0 Å². The first-order chi connectivity index (χ1) is 13.3. The average Bonchev–Trinajstić information content (AvgIpc) is 3.31. The number of fused-ring (bicyclic) bond motifs is 3. The van der Waals surface area contributed by atoms with Gasteiger partial charge in [-0.3, -0.25) is 0 Å². The number of aryl methyl sites for hydroxylation is 3. The lowest BCUT2D eigenvalue weighted by Gasteiger charge is -2.11. The molecule has 5 rings (SSSR count). The van der Waals surface area contributed by atoms with Gasteiger partial charge in [0, 0.05) is 27.0 Å². The lowest BCUT2D eigenvalue weighted by molar-refractivity contribution is 0.699. The molecule has 1 aliphatic rings. The number of thiazole rings is 1. The van der Waals surface area contributed by atoms with Crippen LogP contribution in [0, 0.1) is 6.92 Å². The topological polar surface area (TPSA) is 38.7 Å². The first-order valence-corrected chi connectivity index (χ1v) is 11.9. The van der Waals surface area contributed by atoms with E-state index >= 15 is 0 Å². The van der Waals surface area contributed by atoms with Crippen LogP contribution in [-0.4, -0.2) is 15.0 Å². The molecule has 0 spiro atoms. The van der Waals surface area contributed by atoms with Crippen molar-refractivity contribution in [2.75, 3.05) is 0 Å². The van der Waals surface area contributed by atoms with Crippen molar-refractivity contribution in [3.8, 4) is 10.6 Å². The zero-order chi connectivity index (χ0) is 18.2. The van der Waals surface area contributed by atoms with Crippen LogP contribution in [0.25, 0.3) is 20.8 Å². The first-order valence-electron chi connectivity index (χ1n) is 9.19. The Morgan fingerprint density at radius 3 is 2.78 bits per heavy atom. The van der Waals surface area contributed by atoms with Crippen LogP contribution in [0.5, 0.6) is 0 Å². The monoisotopic (exact) mass is 409 g/mol. The zero-order valence-corrected chi connectivity index (χ0v) is 17.5. The van der Waals surface area contributed by atoms with Crippen molar-refractivity contribution in [2.24, 2.45) is 0 Å². The summed E-state index contributed by atoms with van der Waals surface area (Å²) in [5.41, 5.74) is 3.82. The summed E-state index contributed by atoms with van der Waals surface area (Å²) in [5, 5.41) is 5.70. The second-order valence-corrected chi connectivity index (χ2v) is 9.67. The van der Waals surface area contributed by atoms with Crippen LogP contribution < -0.4 is 0 Å². The lowest BCUT2D eigenvalue weighted by atomic mass is 9.97. The van der Waals surface area contributed by atoms with Gasteiger partial charge in [0.2, 0.25) is 0 Å². The minimum absolute atomic E-state index is 0.847. The first kappa shape index (κ1) is 17.3. The molecular formula is C21H19N3S3. The van der Waals surface area contributed by atoms with Gasteiger partial charge < -0.3 is 0 Å². The Morgan fingerprint density at radius 2 is 1.89 bits per heavy atom. The number of thioether (sulfide) groups is 1. The number of aromatic nitrogens is 3. The molecule has 4 aromatic rings. The second kappa shape index (κ2) is 7.34. The molecule has 0 bridgehead atoms. The van der Waals surface area contributed by atoms with Crippen LogP contribution in [0.1, 0.15) is 34.8 Å². The van der Waals surface area contributed by atoms with Gasteiger partial charge in [-0.2, -0.15) is 0 Å². The molecule has 1 aromatic carbocycles. The molecule has 0 atom stereocenters. The molecule has 3 nitrogen and oxygen atoms in total. The van der Waals surface area contributed by atoms with Crippen molar-refractivity contribution in [1.82, 2.24) is 15.0 Å². The van der Waals surface area contributed by atoms with E-state index in [1.54, 1.807) is 23.1 Å². The largest absolute Gasteiger partial charge is 0.240 e. The van der Waals surface area contributed by atoms with Gasteiger partial charge in [-0.15, -0.1) is 22.7 Å². The quantitative estimate of drug-likeness (QED) is 0.293. The highest BCUT2D eigenvalue weighted by Crippen LogP contribution is 2.40. The Hall–Kier alpha value is -1.76. The predicted octanol–water partition coefficient (Wildman–Crippen LogP) is 6.29. The van der Waals surface area contributed by atoms with Crippen molar-refractivity contribution in [3.63, 3.8) is 0 Å². The molecule has 6 heteroatoms. The number of hydrogen-bond donors (Lipinski definition) is 0. The van der Waals surface area contributed by atoms with Crippen molar-refractivity contribution in [2.45, 2.75) is 43.4 Å². The summed E-state index contributed by atoms with van der Waals surface area (Å²) in [7, 11) is 0. The molecule has 0 fully saturated rings. The fourth-order valence-corrected chi connectivity index (χ4v) is 6.86. The fraction of sp³-hybridized carbons (Fsp3) is 0.286. The molecular weight excluding hydrogens is 390 g/mol. The fourth-order valence-electron chi connectivity index (χ4n) is 3.56. The Bertz CT molecular complexity index is 1100. The Balaban J connectivity index is 1.44. The predicted molar refractivity (Wildman–Crippen MR) is 116 cm³/mol. The summed E-state index contributed by atoms with van der Waals surface area (Å²) in [6, 6.07) is 10.4. The summed E-state index contributed by atoms with van der Waals surface area (Å²) in [6.07, 6.45) is 4.95. The maximum absolute atomic E-state index is 4.83. The van der Waals surface area contributed by atoms with Crippen molar-refractivity contribution >= 4 is 44.7 Å². The molecule has 136 valence electrons. The highest BCUT2D eigenvalue weighted by molar-refractivity contribution is 7.98. The summed E-state index contributed by atoms with van der Waals surface area (Å²) in [6.45, 7) is 2.00. The normalized spacial score (nSPS) is 13.8. The van der Waals surface area contributed by atoms with Crippen LogP contribution >= 0.6 is 34.4 Å². The molecule has 0 N–H and O–H groups in total. The molecule has 0 radical (unpaired) electrons. The smallest absolute Gasteiger partial charge is 0.128 e. The van der Waals surface area contributed by atoms with Crippen LogP contribution in [0.15, 0.2) is 40.7 Å². The number of thiophene rings is 1. The molecule has 0 saturated carbocycles. The molecule has 0 aliphatic heterocycles. The van der Waals surface area contributed by atoms with E-state index in [9.17, 15) is 0 Å². The number of benzene rings is 1. The summed E-state index contributed by atoms with van der Waals surface area (Å²) in [5.74, 6) is 1.71. The van der Waals surface area contributed by atoms with Crippen LogP contribution in [0.3, 0.4) is 0 Å². The van der Waals surface area contributed by atoms with E-state index in [1.807, 2.05) is 24.3 Å². The van der Waals surface area contributed by atoms with E-state index in [4.69, 9.17) is 15.0 Å². The number of nitrogens with zero attached hydrogens (tertiary/aromatic N) is 3. The zero-order valence-electron chi connectivity index (χ0n) is 15.1. The van der Waals surface area contributed by atoms with Crippen molar-refractivity contribution < 1.29 is 0 Å². The highest BCUT2D eigenvalue weighted by Gasteiger charge is 2.21. The van der Waals surface area contributed by atoms with E-state index in [0.29, 0.717) is 0 Å². The van der Waals surface area contributed by atoms with Gasteiger partial charge in [-0.25, -0.2) is 15.0 Å². The van der Waals surface area contributed by atoms with Crippen LogP contribution in [0.2, 0.25) is 0 Å². The Morgan fingerprint density at radius 1 is 1.04 bits per heavy atom. The number of rotatable bonds is 4. The van der Waals surface area contributed by atoms with Gasteiger partial charge in [0.15, 0.2) is 0 Å². The third-order valence-corrected chi connectivity index (χ3v) is 7.96. The minimum atomic E-state index is 0.847. The van der Waals surface area contributed by atoms with Gasteiger partial charge >= 0.3 is 0 Å². The Labute approximate surface area is 170 Å². The van der Waals surface area contributed by atoms with E-state index in [0.717, 1.165) is 27.3 Å². The summed E-state index contributed by atoms with van der Waals surface area (Å²) >= 11 is 5.39. The molecule has 3 heterocycles. The number of hydrogen-bond acceptors (Lipinski definition) is 6. The van der Waals surface area contributed by atoms with Crippen LogP contribution in [-0.2, 0) is 18.6 Å². The third kappa shape index (κ3) is 3.42. The lowest BCUT2D eigenvalue weighted by Crippen LogP contribution is -1.99.